The van der Waals surface area contributed by atoms with E-state index in [1.807, 2.05) is 24.8 Å². The van der Waals surface area contributed by atoms with Crippen LogP contribution in [0.2, 0.25) is 0 Å². The molecule has 0 aliphatic carbocycles. The second kappa shape index (κ2) is 7.22. The molecule has 1 aromatic rings. The maximum Gasteiger partial charge on any atom is 0.340 e. The Hall–Kier alpha value is -1.16. The van der Waals surface area contributed by atoms with Gasteiger partial charge in [-0.25, -0.2) is 4.79 Å². The van der Waals surface area contributed by atoms with Crippen LogP contribution in [0.5, 0.6) is 0 Å². The molecular formula is C13H19NO2S. The van der Waals surface area contributed by atoms with Gasteiger partial charge in [-0.15, -0.1) is 0 Å². The van der Waals surface area contributed by atoms with Gasteiger partial charge in [0.1, 0.15) is 0 Å². The fourth-order valence-electron chi connectivity index (χ4n) is 1.39. The molecule has 1 aromatic carbocycles. The van der Waals surface area contributed by atoms with Crippen LogP contribution in [0.3, 0.4) is 0 Å². The summed E-state index contributed by atoms with van der Waals surface area (Å²) in [5.41, 5.74) is 7.69. The van der Waals surface area contributed by atoms with Gasteiger partial charge in [0, 0.05) is 5.69 Å². The summed E-state index contributed by atoms with van der Waals surface area (Å²) < 4.78 is 5.18. The van der Waals surface area contributed by atoms with Crippen LogP contribution in [0.15, 0.2) is 18.2 Å². The van der Waals surface area contributed by atoms with E-state index in [-0.39, 0.29) is 5.97 Å². The van der Waals surface area contributed by atoms with Crippen molar-refractivity contribution >= 4 is 23.4 Å². The van der Waals surface area contributed by atoms with Crippen molar-refractivity contribution in [2.75, 3.05) is 23.8 Å². The Morgan fingerprint density at radius 2 is 2.24 bits per heavy atom. The highest BCUT2D eigenvalue weighted by Gasteiger charge is 2.10. The van der Waals surface area contributed by atoms with E-state index in [2.05, 4.69) is 6.92 Å². The monoisotopic (exact) mass is 253 g/mol. The van der Waals surface area contributed by atoms with Crippen molar-refractivity contribution in [1.82, 2.24) is 0 Å². The lowest BCUT2D eigenvalue weighted by Gasteiger charge is -2.07. The highest BCUT2D eigenvalue weighted by Crippen LogP contribution is 2.15. The summed E-state index contributed by atoms with van der Waals surface area (Å²) in [4.78, 5) is 11.7. The van der Waals surface area contributed by atoms with E-state index in [1.54, 1.807) is 12.1 Å². The maximum absolute atomic E-state index is 11.7. The molecular weight excluding hydrogens is 234 g/mol. The van der Waals surface area contributed by atoms with Gasteiger partial charge in [0.2, 0.25) is 0 Å². The molecule has 1 rings (SSSR count). The molecule has 0 amide bonds. The lowest BCUT2D eigenvalue weighted by atomic mass is 10.1. The lowest BCUT2D eigenvalue weighted by molar-refractivity contribution is 0.0507. The van der Waals surface area contributed by atoms with Crippen LogP contribution in [-0.2, 0) is 4.74 Å². The highest BCUT2D eigenvalue weighted by atomic mass is 32.2. The number of nitrogen functional groups attached to an aromatic ring is 1. The summed E-state index contributed by atoms with van der Waals surface area (Å²) in [6, 6.07) is 5.38. The van der Waals surface area contributed by atoms with Crippen molar-refractivity contribution in [3.8, 4) is 0 Å². The molecule has 17 heavy (non-hydrogen) atoms. The minimum atomic E-state index is -0.326. The molecule has 0 fully saturated rings. The molecule has 0 aliphatic rings. The van der Waals surface area contributed by atoms with Gasteiger partial charge >= 0.3 is 5.97 Å². The molecule has 2 N–H and O–H groups in total. The lowest BCUT2D eigenvalue weighted by Crippen LogP contribution is -2.10. The number of hydrogen-bond acceptors (Lipinski definition) is 4. The van der Waals surface area contributed by atoms with E-state index in [0.29, 0.717) is 17.9 Å². The second-order valence-corrected chi connectivity index (χ2v) is 5.17. The van der Waals surface area contributed by atoms with Gasteiger partial charge in [-0.2, -0.15) is 11.8 Å². The van der Waals surface area contributed by atoms with Crippen molar-refractivity contribution in [1.29, 1.82) is 0 Å². The van der Waals surface area contributed by atoms with Crippen LogP contribution in [0.1, 0.15) is 29.3 Å². The Labute approximate surface area is 107 Å². The molecule has 0 heterocycles. The molecule has 3 nitrogen and oxygen atoms in total. The number of hydrogen-bond donors (Lipinski definition) is 1. The Morgan fingerprint density at radius 1 is 1.47 bits per heavy atom. The van der Waals surface area contributed by atoms with Gasteiger partial charge in [-0.05, 0) is 37.0 Å². The first-order valence-electron chi connectivity index (χ1n) is 5.76. The third-order valence-corrected chi connectivity index (χ3v) is 3.28. The molecule has 4 heteroatoms. The van der Waals surface area contributed by atoms with Gasteiger partial charge in [0.15, 0.2) is 0 Å². The smallest absolute Gasteiger partial charge is 0.340 e. The zero-order valence-electron chi connectivity index (χ0n) is 10.4. The van der Waals surface area contributed by atoms with Gasteiger partial charge in [0.05, 0.1) is 12.2 Å². The molecule has 0 unspecified atom stereocenters. The number of ether oxygens (including phenoxy) is 1. The van der Waals surface area contributed by atoms with Crippen molar-refractivity contribution in [3.63, 3.8) is 0 Å². The number of carbonyl (C=O) groups is 1. The molecule has 0 aliphatic heterocycles. The topological polar surface area (TPSA) is 52.3 Å². The number of rotatable bonds is 6. The fourth-order valence-corrected chi connectivity index (χ4v) is 2.01. The predicted molar refractivity (Wildman–Crippen MR) is 73.5 cm³/mol. The highest BCUT2D eigenvalue weighted by molar-refractivity contribution is 7.99. The molecule has 0 bridgehead atoms. The Bertz CT molecular complexity index is 380. The maximum atomic E-state index is 11.7. The molecule has 0 saturated heterocycles. The van der Waals surface area contributed by atoms with Gasteiger partial charge < -0.3 is 10.5 Å². The molecule has 0 radical (unpaired) electrons. The first kappa shape index (κ1) is 13.9. The van der Waals surface area contributed by atoms with E-state index >= 15 is 0 Å². The van der Waals surface area contributed by atoms with Crippen LogP contribution in [0.25, 0.3) is 0 Å². The summed E-state index contributed by atoms with van der Waals surface area (Å²) >= 11 is 1.85. The quantitative estimate of drug-likeness (QED) is 0.481. The number of benzene rings is 1. The minimum Gasteiger partial charge on any atom is -0.462 e. The number of esters is 1. The fraction of sp³-hybridized carbons (Fsp3) is 0.462. The average molecular weight is 253 g/mol. The number of carbonyl (C=O) groups excluding carboxylic acids is 1. The summed E-state index contributed by atoms with van der Waals surface area (Å²) in [6.45, 7) is 4.50. The molecule has 0 aromatic heterocycles. The number of thioether (sulfide) groups is 1. The summed E-state index contributed by atoms with van der Waals surface area (Å²) in [5.74, 6) is 1.79. The predicted octanol–water partition coefficient (Wildman–Crippen LogP) is 2.88. The number of nitrogens with two attached hydrogens (primary N) is 1. The van der Waals surface area contributed by atoms with Gasteiger partial charge in [0.25, 0.3) is 0 Å². The zero-order valence-corrected chi connectivity index (χ0v) is 11.2. The van der Waals surface area contributed by atoms with Crippen molar-refractivity contribution < 1.29 is 9.53 Å². The van der Waals surface area contributed by atoms with Gasteiger partial charge in [-0.3, -0.25) is 0 Å². The third kappa shape index (κ3) is 4.69. The number of aryl methyl sites for hydroxylation is 1. The van der Waals surface area contributed by atoms with Crippen LogP contribution in [0, 0.1) is 6.92 Å². The van der Waals surface area contributed by atoms with E-state index in [1.165, 1.54) is 0 Å². The van der Waals surface area contributed by atoms with Crippen molar-refractivity contribution in [2.45, 2.75) is 20.3 Å². The third-order valence-electron chi connectivity index (χ3n) is 2.30. The molecule has 0 saturated carbocycles. The van der Waals surface area contributed by atoms with Crippen LogP contribution < -0.4 is 5.73 Å². The van der Waals surface area contributed by atoms with Crippen molar-refractivity contribution in [2.24, 2.45) is 0 Å². The van der Waals surface area contributed by atoms with E-state index < -0.39 is 0 Å². The van der Waals surface area contributed by atoms with E-state index in [4.69, 9.17) is 10.5 Å². The average Bonchev–Trinajstić information content (AvgIpc) is 2.32. The van der Waals surface area contributed by atoms with Gasteiger partial charge in [-0.1, -0.05) is 18.6 Å². The second-order valence-electron chi connectivity index (χ2n) is 3.78. The molecule has 94 valence electrons. The standard InChI is InChI=1S/C13H19NO2S/c1-3-17-8-4-7-16-13(15)11-9-10(2)5-6-12(11)14/h5-6,9H,3-4,7-8,14H2,1-2H3. The first-order valence-corrected chi connectivity index (χ1v) is 6.91. The van der Waals surface area contributed by atoms with E-state index in [0.717, 1.165) is 23.5 Å². The minimum absolute atomic E-state index is 0.326. The SMILES string of the molecule is CCSCCCOC(=O)c1cc(C)ccc1N. The molecule has 0 atom stereocenters. The summed E-state index contributed by atoms with van der Waals surface area (Å²) in [6.07, 6.45) is 0.885. The van der Waals surface area contributed by atoms with Crippen molar-refractivity contribution in [3.05, 3.63) is 29.3 Å². The Balaban J connectivity index is 2.44. The Kier molecular flexibility index (Phi) is 5.91. The largest absolute Gasteiger partial charge is 0.462 e. The zero-order chi connectivity index (χ0) is 12.7. The van der Waals surface area contributed by atoms with Crippen LogP contribution >= 0.6 is 11.8 Å². The van der Waals surface area contributed by atoms with Crippen LogP contribution in [-0.4, -0.2) is 24.1 Å². The first-order chi connectivity index (χ1) is 8.15. The summed E-state index contributed by atoms with van der Waals surface area (Å²) in [7, 11) is 0. The Morgan fingerprint density at radius 3 is 2.94 bits per heavy atom. The summed E-state index contributed by atoms with van der Waals surface area (Å²) in [5, 5.41) is 0. The number of anilines is 1. The van der Waals surface area contributed by atoms with Crippen LogP contribution in [0.4, 0.5) is 5.69 Å². The molecule has 0 spiro atoms. The normalized spacial score (nSPS) is 10.2. The van der Waals surface area contributed by atoms with E-state index in [9.17, 15) is 4.79 Å².